The molecule has 120 valence electrons. The molecule has 0 unspecified atom stereocenters. The lowest BCUT2D eigenvalue weighted by Gasteiger charge is -2.38. The van der Waals surface area contributed by atoms with Gasteiger partial charge in [0.2, 0.25) is 0 Å². The summed E-state index contributed by atoms with van der Waals surface area (Å²) in [5, 5.41) is 0. The van der Waals surface area contributed by atoms with Crippen molar-refractivity contribution in [2.75, 3.05) is 6.61 Å². The Hall–Kier alpha value is -1.35. The van der Waals surface area contributed by atoms with Gasteiger partial charge in [-0.25, -0.2) is 0 Å². The molecule has 0 aromatic heterocycles. The van der Waals surface area contributed by atoms with Gasteiger partial charge in [0, 0.05) is 11.1 Å². The Bertz CT molecular complexity index is 559. The summed E-state index contributed by atoms with van der Waals surface area (Å²) in [6.07, 6.45) is 7.84. The summed E-state index contributed by atoms with van der Waals surface area (Å²) in [7, 11) is 0. The molecule has 0 aromatic carbocycles. The van der Waals surface area contributed by atoms with Crippen LogP contribution < -0.4 is 0 Å². The van der Waals surface area contributed by atoms with Gasteiger partial charge in [-0.1, -0.05) is 53.7 Å². The second-order valence-electron chi connectivity index (χ2n) is 8.72. The van der Waals surface area contributed by atoms with Crippen LogP contribution in [-0.2, 0) is 14.3 Å². The normalized spacial score (nSPS) is 30.2. The molecule has 0 bridgehead atoms. The van der Waals surface area contributed by atoms with Gasteiger partial charge in [0.1, 0.15) is 12.2 Å². The van der Waals surface area contributed by atoms with Crippen LogP contribution in [0.15, 0.2) is 35.6 Å². The molecule has 0 saturated carbocycles. The minimum Gasteiger partial charge on any atom is -0.494 e. The van der Waals surface area contributed by atoms with E-state index in [-0.39, 0.29) is 34.2 Å². The SMILES string of the molecule is CC(C)(C)C1=CC2(C=C(C(C)(C)C)C1=O)CO[C@@H]1C=CO[C@@H]12. The zero-order chi connectivity index (χ0) is 16.3. The highest BCUT2D eigenvalue weighted by molar-refractivity contribution is 6.11. The van der Waals surface area contributed by atoms with Crippen LogP contribution >= 0.6 is 0 Å². The molecular formula is C19H26O3. The average molecular weight is 302 g/mol. The van der Waals surface area contributed by atoms with Gasteiger partial charge in [0.25, 0.3) is 0 Å². The third kappa shape index (κ3) is 2.26. The molecular weight excluding hydrogens is 276 g/mol. The first kappa shape index (κ1) is 15.5. The van der Waals surface area contributed by atoms with E-state index < -0.39 is 0 Å². The largest absolute Gasteiger partial charge is 0.494 e. The maximum absolute atomic E-state index is 13.0. The monoisotopic (exact) mass is 302 g/mol. The van der Waals surface area contributed by atoms with Gasteiger partial charge in [-0.2, -0.15) is 0 Å². The Kier molecular flexibility index (Phi) is 3.23. The lowest BCUT2D eigenvalue weighted by atomic mass is 9.65. The predicted octanol–water partition coefficient (Wildman–Crippen LogP) is 3.81. The number of ether oxygens (including phenoxy) is 2. The van der Waals surface area contributed by atoms with Crippen molar-refractivity contribution in [3.05, 3.63) is 35.6 Å². The molecule has 3 heteroatoms. The molecule has 0 amide bonds. The average Bonchev–Trinajstić information content (AvgIpc) is 2.94. The zero-order valence-corrected chi connectivity index (χ0v) is 14.4. The number of carbonyl (C=O) groups is 1. The number of allylic oxidation sites excluding steroid dienone is 2. The van der Waals surface area contributed by atoms with Crippen molar-refractivity contribution in [3.8, 4) is 0 Å². The fourth-order valence-electron chi connectivity index (χ4n) is 3.50. The van der Waals surface area contributed by atoms with Crippen molar-refractivity contribution < 1.29 is 14.3 Å². The minimum atomic E-state index is -0.340. The Balaban J connectivity index is 2.14. The van der Waals surface area contributed by atoms with Crippen LogP contribution in [0.5, 0.6) is 0 Å². The molecule has 0 aromatic rings. The van der Waals surface area contributed by atoms with Crippen molar-refractivity contribution in [2.24, 2.45) is 16.2 Å². The van der Waals surface area contributed by atoms with Crippen molar-refractivity contribution in [2.45, 2.75) is 53.8 Å². The molecule has 3 nitrogen and oxygen atoms in total. The third-order valence-corrected chi connectivity index (χ3v) is 4.78. The van der Waals surface area contributed by atoms with Crippen LogP contribution in [0, 0.1) is 16.2 Å². The lowest BCUT2D eigenvalue weighted by molar-refractivity contribution is -0.114. The Morgan fingerprint density at radius 3 is 2.09 bits per heavy atom. The van der Waals surface area contributed by atoms with E-state index in [1.54, 1.807) is 6.26 Å². The molecule has 1 aliphatic carbocycles. The van der Waals surface area contributed by atoms with Gasteiger partial charge in [-0.15, -0.1) is 0 Å². The molecule has 3 rings (SSSR count). The number of ketones is 1. The highest BCUT2D eigenvalue weighted by Crippen LogP contribution is 2.49. The van der Waals surface area contributed by atoms with Crippen LogP contribution in [0.25, 0.3) is 0 Å². The number of fused-ring (bicyclic) bond motifs is 2. The summed E-state index contributed by atoms with van der Waals surface area (Å²) in [6.45, 7) is 13.1. The van der Waals surface area contributed by atoms with Gasteiger partial charge in [-0.05, 0) is 16.9 Å². The van der Waals surface area contributed by atoms with E-state index in [4.69, 9.17) is 9.47 Å². The van der Waals surface area contributed by atoms with E-state index in [1.165, 1.54) is 0 Å². The molecule has 2 heterocycles. The van der Waals surface area contributed by atoms with Crippen molar-refractivity contribution in [1.82, 2.24) is 0 Å². The number of hydrogen-bond donors (Lipinski definition) is 0. The first-order chi connectivity index (χ1) is 10.0. The smallest absolute Gasteiger partial charge is 0.185 e. The fraction of sp³-hybridized carbons (Fsp3) is 0.632. The van der Waals surface area contributed by atoms with Crippen LogP contribution in [0.3, 0.4) is 0 Å². The standard InChI is InChI=1S/C19H26O3/c1-17(2,3)12-9-19(10-13(15(12)20)18(4,5)6)11-22-14-7-8-21-16(14)19/h7-10,14,16H,11H2,1-6H3/t14-,16+/m1/s1. The molecule has 2 aliphatic heterocycles. The fourth-order valence-corrected chi connectivity index (χ4v) is 3.50. The first-order valence-corrected chi connectivity index (χ1v) is 8.00. The van der Waals surface area contributed by atoms with Crippen LogP contribution in [0.4, 0.5) is 0 Å². The molecule has 0 N–H and O–H groups in total. The van der Waals surface area contributed by atoms with Crippen molar-refractivity contribution in [3.63, 3.8) is 0 Å². The Morgan fingerprint density at radius 2 is 1.59 bits per heavy atom. The van der Waals surface area contributed by atoms with Crippen LogP contribution in [0.2, 0.25) is 0 Å². The first-order valence-electron chi connectivity index (χ1n) is 8.00. The summed E-state index contributed by atoms with van der Waals surface area (Å²) >= 11 is 0. The van der Waals surface area contributed by atoms with Gasteiger partial charge >= 0.3 is 0 Å². The molecule has 1 saturated heterocycles. The quantitative estimate of drug-likeness (QED) is 0.682. The van der Waals surface area contributed by atoms with E-state index in [1.807, 2.05) is 6.08 Å². The number of Topliss-reactive ketones (excluding diaryl/α,β-unsaturated/α-hetero) is 1. The van der Waals surface area contributed by atoms with E-state index in [0.717, 1.165) is 11.1 Å². The van der Waals surface area contributed by atoms with Gasteiger partial charge in [0.05, 0.1) is 18.3 Å². The summed E-state index contributed by atoms with van der Waals surface area (Å²) in [4.78, 5) is 13.0. The molecule has 2 atom stereocenters. The van der Waals surface area contributed by atoms with Crippen LogP contribution in [0.1, 0.15) is 41.5 Å². The molecule has 1 spiro atoms. The molecule has 0 radical (unpaired) electrons. The van der Waals surface area contributed by atoms with Gasteiger partial charge in [0.15, 0.2) is 5.78 Å². The van der Waals surface area contributed by atoms with Crippen molar-refractivity contribution >= 4 is 5.78 Å². The van der Waals surface area contributed by atoms with E-state index in [9.17, 15) is 4.79 Å². The predicted molar refractivity (Wildman–Crippen MR) is 86.3 cm³/mol. The number of carbonyl (C=O) groups excluding carboxylic acids is 1. The van der Waals surface area contributed by atoms with Crippen LogP contribution in [-0.4, -0.2) is 24.6 Å². The van der Waals surface area contributed by atoms with Gasteiger partial charge < -0.3 is 9.47 Å². The summed E-state index contributed by atoms with van der Waals surface area (Å²) in [6, 6.07) is 0. The summed E-state index contributed by atoms with van der Waals surface area (Å²) in [5.74, 6) is 0.167. The Labute approximate surface area is 133 Å². The third-order valence-electron chi connectivity index (χ3n) is 4.78. The highest BCUT2D eigenvalue weighted by atomic mass is 16.6. The minimum absolute atomic E-state index is 0.0110. The zero-order valence-electron chi connectivity index (χ0n) is 14.4. The second-order valence-corrected chi connectivity index (χ2v) is 8.72. The maximum Gasteiger partial charge on any atom is 0.185 e. The summed E-state index contributed by atoms with van der Waals surface area (Å²) in [5.41, 5.74) is 1.02. The Morgan fingerprint density at radius 1 is 1.05 bits per heavy atom. The van der Waals surface area contributed by atoms with Crippen molar-refractivity contribution in [1.29, 1.82) is 0 Å². The molecule has 3 aliphatic rings. The van der Waals surface area contributed by atoms with E-state index >= 15 is 0 Å². The molecule has 22 heavy (non-hydrogen) atoms. The van der Waals surface area contributed by atoms with E-state index in [2.05, 4.69) is 53.7 Å². The lowest BCUT2D eigenvalue weighted by Crippen LogP contribution is -2.40. The summed E-state index contributed by atoms with van der Waals surface area (Å²) < 4.78 is 11.7. The maximum atomic E-state index is 13.0. The number of rotatable bonds is 0. The topological polar surface area (TPSA) is 35.5 Å². The van der Waals surface area contributed by atoms with Gasteiger partial charge in [-0.3, -0.25) is 4.79 Å². The van der Waals surface area contributed by atoms with E-state index in [0.29, 0.717) is 6.61 Å². The second kappa shape index (κ2) is 4.58. The molecule has 1 fully saturated rings. The number of hydrogen-bond acceptors (Lipinski definition) is 3. The highest BCUT2D eigenvalue weighted by Gasteiger charge is 2.53.